The van der Waals surface area contributed by atoms with Gasteiger partial charge in [-0.3, -0.25) is 9.69 Å². The molecule has 0 saturated heterocycles. The minimum Gasteiger partial charge on any atom is -0.445 e. The molecule has 1 heterocycles. The Labute approximate surface area is 169 Å². The van der Waals surface area contributed by atoms with Crippen molar-refractivity contribution in [1.29, 1.82) is 0 Å². The Bertz CT molecular complexity index is 989. The first-order valence-electron chi connectivity index (χ1n) is 9.61. The summed E-state index contributed by atoms with van der Waals surface area (Å²) in [6.07, 6.45) is -0.0356. The van der Waals surface area contributed by atoms with Crippen LogP contribution >= 0.6 is 0 Å². The van der Waals surface area contributed by atoms with E-state index < -0.39 is 12.1 Å². The Morgan fingerprint density at radius 3 is 2.21 bits per heavy atom. The van der Waals surface area contributed by atoms with E-state index >= 15 is 0 Å². The van der Waals surface area contributed by atoms with Crippen molar-refractivity contribution in [1.82, 2.24) is 4.90 Å². The van der Waals surface area contributed by atoms with Crippen molar-refractivity contribution in [3.8, 4) is 0 Å². The molecule has 0 radical (unpaired) electrons. The zero-order valence-corrected chi connectivity index (χ0v) is 16.0. The van der Waals surface area contributed by atoms with Gasteiger partial charge in [-0.25, -0.2) is 4.79 Å². The van der Waals surface area contributed by atoms with E-state index in [0.717, 1.165) is 16.7 Å². The molecule has 146 valence electrons. The van der Waals surface area contributed by atoms with E-state index in [1.807, 2.05) is 84.9 Å². The van der Waals surface area contributed by atoms with Gasteiger partial charge in [0.05, 0.1) is 6.54 Å². The van der Waals surface area contributed by atoms with Crippen molar-refractivity contribution in [2.24, 2.45) is 0 Å². The molecule has 1 atom stereocenters. The van der Waals surface area contributed by atoms with Gasteiger partial charge < -0.3 is 10.1 Å². The Balaban J connectivity index is 1.53. The Kier molecular flexibility index (Phi) is 5.56. The predicted octanol–water partition coefficient (Wildman–Crippen LogP) is 4.39. The van der Waals surface area contributed by atoms with Gasteiger partial charge in [0.1, 0.15) is 12.6 Å². The molecule has 0 bridgehead atoms. The Hall–Kier alpha value is -3.60. The summed E-state index contributed by atoms with van der Waals surface area (Å²) in [6, 6.07) is 26.0. The standard InChI is InChI=1S/C24H22N2O3/c27-23(25-21-13-5-2-6-14-21)22-15-19-11-7-8-12-20(19)16-26(22)24(28)29-17-18-9-3-1-4-10-18/h1-14,22H,15-17H2,(H,25,27)/t22-/m1/s1. The van der Waals surface area contributed by atoms with E-state index in [9.17, 15) is 9.59 Å². The van der Waals surface area contributed by atoms with Crippen LogP contribution in [0.1, 0.15) is 16.7 Å². The van der Waals surface area contributed by atoms with Crippen LogP contribution in [0.3, 0.4) is 0 Å². The number of ether oxygens (including phenoxy) is 1. The molecule has 1 aliphatic heterocycles. The maximum atomic E-state index is 13.0. The second kappa shape index (κ2) is 8.61. The van der Waals surface area contributed by atoms with Crippen LogP contribution in [0.5, 0.6) is 0 Å². The van der Waals surface area contributed by atoms with E-state index in [1.54, 1.807) is 0 Å². The molecular weight excluding hydrogens is 364 g/mol. The van der Waals surface area contributed by atoms with Crippen LogP contribution < -0.4 is 5.32 Å². The summed E-state index contributed by atoms with van der Waals surface area (Å²) in [7, 11) is 0. The molecule has 2 amide bonds. The summed E-state index contributed by atoms with van der Waals surface area (Å²) in [5.74, 6) is -0.220. The summed E-state index contributed by atoms with van der Waals surface area (Å²) in [4.78, 5) is 27.4. The number of anilines is 1. The van der Waals surface area contributed by atoms with Crippen LogP contribution in [0, 0.1) is 0 Å². The van der Waals surface area contributed by atoms with Gasteiger partial charge in [-0.15, -0.1) is 0 Å². The largest absolute Gasteiger partial charge is 0.445 e. The van der Waals surface area contributed by atoms with Gasteiger partial charge in [0, 0.05) is 12.1 Å². The molecule has 0 saturated carbocycles. The van der Waals surface area contributed by atoms with E-state index in [4.69, 9.17) is 4.74 Å². The van der Waals surface area contributed by atoms with Crippen LogP contribution in [0.2, 0.25) is 0 Å². The van der Waals surface area contributed by atoms with Crippen molar-refractivity contribution in [2.45, 2.75) is 25.6 Å². The van der Waals surface area contributed by atoms with Crippen molar-refractivity contribution in [3.63, 3.8) is 0 Å². The molecule has 0 unspecified atom stereocenters. The van der Waals surface area contributed by atoms with Crippen LogP contribution in [0.25, 0.3) is 0 Å². The number of nitrogens with zero attached hydrogens (tertiary/aromatic N) is 1. The smallest absolute Gasteiger partial charge is 0.411 e. The van der Waals surface area contributed by atoms with Crippen LogP contribution in [-0.2, 0) is 29.1 Å². The van der Waals surface area contributed by atoms with Crippen LogP contribution in [-0.4, -0.2) is 22.9 Å². The van der Waals surface area contributed by atoms with Crippen molar-refractivity contribution >= 4 is 17.7 Å². The highest BCUT2D eigenvalue weighted by Crippen LogP contribution is 2.25. The van der Waals surface area contributed by atoms with Crippen LogP contribution in [0.15, 0.2) is 84.9 Å². The van der Waals surface area contributed by atoms with E-state index in [2.05, 4.69) is 5.32 Å². The van der Waals surface area contributed by atoms with E-state index in [1.165, 1.54) is 4.90 Å². The lowest BCUT2D eigenvalue weighted by atomic mass is 9.94. The summed E-state index contributed by atoms with van der Waals surface area (Å²) >= 11 is 0. The highest BCUT2D eigenvalue weighted by atomic mass is 16.6. The first kappa shape index (κ1) is 18.7. The first-order valence-corrected chi connectivity index (χ1v) is 9.61. The topological polar surface area (TPSA) is 58.6 Å². The molecule has 0 aromatic heterocycles. The van der Waals surface area contributed by atoms with Gasteiger partial charge in [-0.05, 0) is 28.8 Å². The summed E-state index contributed by atoms with van der Waals surface area (Å²) in [5.41, 5.74) is 3.72. The number of amides is 2. The summed E-state index contributed by atoms with van der Waals surface area (Å²) in [5, 5.41) is 2.91. The third-order valence-corrected chi connectivity index (χ3v) is 5.03. The quantitative estimate of drug-likeness (QED) is 0.724. The molecule has 3 aromatic carbocycles. The second-order valence-electron chi connectivity index (χ2n) is 7.01. The number of carbonyl (C=O) groups is 2. The average molecular weight is 386 g/mol. The van der Waals surface area contributed by atoms with E-state index in [-0.39, 0.29) is 12.5 Å². The summed E-state index contributed by atoms with van der Waals surface area (Å²) in [6.45, 7) is 0.515. The fraction of sp³-hybridized carbons (Fsp3) is 0.167. The van der Waals surface area contributed by atoms with Gasteiger partial charge in [0.25, 0.3) is 0 Å². The number of nitrogens with one attached hydrogen (secondary N) is 1. The molecule has 4 rings (SSSR count). The van der Waals surface area contributed by atoms with Gasteiger partial charge in [0.2, 0.25) is 5.91 Å². The number of fused-ring (bicyclic) bond motifs is 1. The molecular formula is C24H22N2O3. The van der Waals surface area contributed by atoms with E-state index in [0.29, 0.717) is 18.7 Å². The third-order valence-electron chi connectivity index (χ3n) is 5.03. The summed E-state index contributed by atoms with van der Waals surface area (Å²) < 4.78 is 5.52. The number of hydrogen-bond acceptors (Lipinski definition) is 3. The average Bonchev–Trinajstić information content (AvgIpc) is 2.78. The number of para-hydroxylation sites is 1. The zero-order chi connectivity index (χ0) is 20.1. The van der Waals surface area contributed by atoms with Gasteiger partial charge in [-0.2, -0.15) is 0 Å². The molecule has 5 nitrogen and oxygen atoms in total. The SMILES string of the molecule is O=C(Nc1ccccc1)[C@H]1Cc2ccccc2CN1C(=O)OCc1ccccc1. The maximum absolute atomic E-state index is 13.0. The number of rotatable bonds is 4. The third kappa shape index (κ3) is 4.46. The fourth-order valence-corrected chi connectivity index (χ4v) is 3.50. The van der Waals surface area contributed by atoms with Crippen molar-refractivity contribution in [2.75, 3.05) is 5.32 Å². The highest BCUT2D eigenvalue weighted by Gasteiger charge is 2.35. The number of hydrogen-bond donors (Lipinski definition) is 1. The van der Waals surface area contributed by atoms with Gasteiger partial charge in [-0.1, -0.05) is 72.8 Å². The molecule has 0 spiro atoms. The minimum absolute atomic E-state index is 0.171. The number of carbonyl (C=O) groups excluding carboxylic acids is 2. The van der Waals surface area contributed by atoms with Crippen molar-refractivity contribution in [3.05, 3.63) is 102 Å². The highest BCUT2D eigenvalue weighted by molar-refractivity contribution is 5.97. The van der Waals surface area contributed by atoms with Crippen molar-refractivity contribution < 1.29 is 14.3 Å². The number of benzene rings is 3. The van der Waals surface area contributed by atoms with Gasteiger partial charge >= 0.3 is 6.09 Å². The molecule has 0 fully saturated rings. The first-order chi connectivity index (χ1) is 14.2. The lowest BCUT2D eigenvalue weighted by molar-refractivity contribution is -0.121. The molecule has 1 aliphatic rings. The monoisotopic (exact) mass is 386 g/mol. The normalized spacial score (nSPS) is 15.3. The Morgan fingerprint density at radius 2 is 1.48 bits per heavy atom. The lowest BCUT2D eigenvalue weighted by Crippen LogP contribution is -2.50. The van der Waals surface area contributed by atoms with Gasteiger partial charge in [0.15, 0.2) is 0 Å². The maximum Gasteiger partial charge on any atom is 0.411 e. The van der Waals surface area contributed by atoms with Crippen LogP contribution in [0.4, 0.5) is 10.5 Å². The molecule has 3 aromatic rings. The Morgan fingerprint density at radius 1 is 0.862 bits per heavy atom. The molecule has 1 N–H and O–H groups in total. The minimum atomic E-state index is -0.631. The zero-order valence-electron chi connectivity index (χ0n) is 16.0. The molecule has 5 heteroatoms. The predicted molar refractivity (Wildman–Crippen MR) is 111 cm³/mol. The lowest BCUT2D eigenvalue weighted by Gasteiger charge is -2.35. The molecule has 29 heavy (non-hydrogen) atoms. The molecule has 0 aliphatic carbocycles. The fourth-order valence-electron chi connectivity index (χ4n) is 3.50. The second-order valence-corrected chi connectivity index (χ2v) is 7.01.